The quantitative estimate of drug-likeness (QED) is 0.149. The van der Waals surface area contributed by atoms with Crippen molar-refractivity contribution in [3.63, 3.8) is 0 Å². The van der Waals surface area contributed by atoms with Crippen LogP contribution in [0.3, 0.4) is 0 Å². The second kappa shape index (κ2) is 14.3. The zero-order valence-corrected chi connectivity index (χ0v) is 26.5. The monoisotopic (exact) mass is 629 g/mol. The molecule has 0 amide bonds. The van der Waals surface area contributed by atoms with Crippen LogP contribution in [-0.2, 0) is 37.1 Å². The van der Waals surface area contributed by atoms with Crippen LogP contribution in [0.4, 0.5) is 0 Å². The maximum Gasteiger partial charge on any atom is 0.192 e. The van der Waals surface area contributed by atoms with Crippen LogP contribution in [0, 0.1) is 0 Å². The molecular formula is C41H43NO5. The molecule has 242 valence electrons. The molecule has 5 atom stereocenters. The van der Waals surface area contributed by atoms with Crippen LogP contribution in [0.15, 0.2) is 152 Å². The van der Waals surface area contributed by atoms with Gasteiger partial charge >= 0.3 is 0 Å². The average molecular weight is 630 g/mol. The van der Waals surface area contributed by atoms with Gasteiger partial charge in [0.05, 0.1) is 6.61 Å². The Balaban J connectivity index is 1.66. The van der Waals surface area contributed by atoms with Crippen LogP contribution in [0.1, 0.15) is 27.8 Å². The lowest BCUT2D eigenvalue weighted by Crippen LogP contribution is -2.85. The lowest BCUT2D eigenvalue weighted by atomic mass is 9.59. The highest BCUT2D eigenvalue weighted by Gasteiger charge is 2.73. The largest absolute Gasteiger partial charge is 0.394 e. The molecule has 47 heavy (non-hydrogen) atoms. The fraction of sp³-hybridized carbons (Fsp3) is 0.268. The van der Waals surface area contributed by atoms with Gasteiger partial charge in [-0.1, -0.05) is 152 Å². The van der Waals surface area contributed by atoms with Crippen molar-refractivity contribution in [1.82, 2.24) is 4.90 Å². The van der Waals surface area contributed by atoms with Gasteiger partial charge in [-0.15, -0.1) is 0 Å². The van der Waals surface area contributed by atoms with Crippen molar-refractivity contribution in [2.75, 3.05) is 6.61 Å². The van der Waals surface area contributed by atoms with Gasteiger partial charge in [0.25, 0.3) is 0 Å². The van der Waals surface area contributed by atoms with E-state index in [1.807, 2.05) is 152 Å². The molecule has 6 heteroatoms. The van der Waals surface area contributed by atoms with E-state index < -0.39 is 35.7 Å². The highest BCUT2D eigenvalue weighted by molar-refractivity contribution is 5.34. The van der Waals surface area contributed by atoms with Crippen molar-refractivity contribution >= 4 is 0 Å². The van der Waals surface area contributed by atoms with E-state index in [0.717, 1.165) is 27.8 Å². The molecular weight excluding hydrogens is 586 g/mol. The molecule has 1 fully saturated rings. The first-order chi connectivity index (χ1) is 22.9. The third-order valence-corrected chi connectivity index (χ3v) is 9.61. The van der Waals surface area contributed by atoms with E-state index in [9.17, 15) is 20.4 Å². The lowest BCUT2D eigenvalue weighted by molar-refractivity contribution is -0.399. The Bertz CT molecular complexity index is 1630. The van der Waals surface area contributed by atoms with Gasteiger partial charge < -0.3 is 25.2 Å². The number of ether oxygens (including phenoxy) is 1. The molecule has 1 heterocycles. The standard InChI is InChI=1S/C41H43NO5/c43-31-37-38(44)39(45,26-32-16-6-1-7-17-32)40(27-33-18-8-2-9-19-33,41(46,47-37)28-34-20-10-3-11-21-34)42(29-35-22-12-4-13-23-35)30-36-24-14-5-15-25-36/h1-25,37-38,43-46H,26-31H2/t37-,38-,39+,40-,41?/m1/s1. The highest BCUT2D eigenvalue weighted by atomic mass is 16.7. The summed E-state index contributed by atoms with van der Waals surface area (Å²) in [6.45, 7) is 0.0709. The highest BCUT2D eigenvalue weighted by Crippen LogP contribution is 2.52. The Morgan fingerprint density at radius 3 is 1.28 bits per heavy atom. The number of hydrogen-bond acceptors (Lipinski definition) is 6. The molecule has 5 aromatic carbocycles. The fourth-order valence-electron chi connectivity index (χ4n) is 7.41. The third-order valence-electron chi connectivity index (χ3n) is 9.61. The Morgan fingerprint density at radius 2 is 0.872 bits per heavy atom. The van der Waals surface area contributed by atoms with E-state index in [-0.39, 0.29) is 19.3 Å². The molecule has 1 saturated heterocycles. The molecule has 0 radical (unpaired) electrons. The maximum atomic E-state index is 13.6. The predicted octanol–water partition coefficient (Wildman–Crippen LogP) is 5.33. The van der Waals surface area contributed by atoms with Crippen molar-refractivity contribution < 1.29 is 25.2 Å². The van der Waals surface area contributed by atoms with Gasteiger partial charge in [0.15, 0.2) is 5.79 Å². The van der Waals surface area contributed by atoms with Gasteiger partial charge in [0.2, 0.25) is 0 Å². The SMILES string of the molecule is OC[C@H]1OC(O)(Cc2ccccc2)[C@](Cc2ccccc2)(N(Cc2ccccc2)Cc2ccccc2)[C@](O)(Cc2ccccc2)[C@@H]1O. The summed E-state index contributed by atoms with van der Waals surface area (Å²) in [4.78, 5) is 2.09. The summed E-state index contributed by atoms with van der Waals surface area (Å²) in [5, 5.41) is 49.8. The molecule has 0 saturated carbocycles. The maximum absolute atomic E-state index is 13.6. The van der Waals surface area contributed by atoms with Crippen LogP contribution >= 0.6 is 0 Å². The number of aliphatic hydroxyl groups excluding tert-OH is 2. The van der Waals surface area contributed by atoms with Crippen molar-refractivity contribution in [3.05, 3.63) is 179 Å². The summed E-state index contributed by atoms with van der Waals surface area (Å²) in [5.74, 6) is -2.09. The predicted molar refractivity (Wildman–Crippen MR) is 183 cm³/mol. The van der Waals surface area contributed by atoms with Crippen molar-refractivity contribution in [3.8, 4) is 0 Å². The first kappa shape index (κ1) is 32.8. The second-order valence-electron chi connectivity index (χ2n) is 12.7. The minimum absolute atomic E-state index is 0.00106. The second-order valence-corrected chi connectivity index (χ2v) is 12.7. The van der Waals surface area contributed by atoms with E-state index in [1.54, 1.807) is 0 Å². The Hall–Kier alpha value is -4.14. The number of aliphatic hydroxyl groups is 4. The summed E-state index contributed by atoms with van der Waals surface area (Å²) in [6, 6.07) is 48.7. The minimum atomic E-state index is -2.09. The van der Waals surface area contributed by atoms with Crippen molar-refractivity contribution in [2.45, 2.75) is 61.5 Å². The Kier molecular flexibility index (Phi) is 9.99. The fourth-order valence-corrected chi connectivity index (χ4v) is 7.41. The lowest BCUT2D eigenvalue weighted by Gasteiger charge is -2.65. The summed E-state index contributed by atoms with van der Waals surface area (Å²) in [6.07, 6.45) is -2.67. The van der Waals surface area contributed by atoms with Crippen LogP contribution in [0.5, 0.6) is 0 Å². The zero-order chi connectivity index (χ0) is 32.7. The van der Waals surface area contributed by atoms with E-state index in [1.165, 1.54) is 0 Å². The molecule has 6 nitrogen and oxygen atoms in total. The van der Waals surface area contributed by atoms with Crippen molar-refractivity contribution in [2.24, 2.45) is 0 Å². The molecule has 0 aliphatic carbocycles. The van der Waals surface area contributed by atoms with Crippen LogP contribution in [-0.4, -0.2) is 61.1 Å². The molecule has 6 rings (SSSR count). The normalized spacial score (nSPS) is 25.9. The Morgan fingerprint density at radius 1 is 0.511 bits per heavy atom. The Labute approximate surface area is 277 Å². The summed E-state index contributed by atoms with van der Waals surface area (Å²) < 4.78 is 6.57. The molecule has 0 spiro atoms. The van der Waals surface area contributed by atoms with Crippen LogP contribution in [0.2, 0.25) is 0 Å². The van der Waals surface area contributed by atoms with E-state index in [2.05, 4.69) is 4.90 Å². The summed E-state index contributed by atoms with van der Waals surface area (Å²) in [5.41, 5.74) is 0.688. The van der Waals surface area contributed by atoms with E-state index >= 15 is 0 Å². The molecule has 1 aliphatic rings. The van der Waals surface area contributed by atoms with Crippen LogP contribution in [0.25, 0.3) is 0 Å². The molecule has 5 aromatic rings. The molecule has 4 N–H and O–H groups in total. The molecule has 1 aliphatic heterocycles. The topological polar surface area (TPSA) is 93.4 Å². The summed E-state index contributed by atoms with van der Waals surface area (Å²) in [7, 11) is 0. The van der Waals surface area contributed by atoms with E-state index in [4.69, 9.17) is 4.74 Å². The number of nitrogens with zero attached hydrogens (tertiary/aromatic N) is 1. The number of rotatable bonds is 12. The molecule has 0 bridgehead atoms. The first-order valence-corrected chi connectivity index (χ1v) is 16.2. The number of hydrogen-bond donors (Lipinski definition) is 4. The van der Waals surface area contributed by atoms with E-state index in [0.29, 0.717) is 13.1 Å². The third kappa shape index (κ3) is 6.67. The van der Waals surface area contributed by atoms with Gasteiger partial charge in [-0.25, -0.2) is 0 Å². The molecule has 0 aromatic heterocycles. The van der Waals surface area contributed by atoms with Gasteiger partial charge in [-0.2, -0.15) is 0 Å². The van der Waals surface area contributed by atoms with Gasteiger partial charge in [-0.3, -0.25) is 4.90 Å². The van der Waals surface area contributed by atoms with Gasteiger partial charge in [0.1, 0.15) is 23.3 Å². The number of benzene rings is 5. The zero-order valence-electron chi connectivity index (χ0n) is 26.5. The van der Waals surface area contributed by atoms with Gasteiger partial charge in [0, 0.05) is 25.9 Å². The van der Waals surface area contributed by atoms with Gasteiger partial charge in [-0.05, 0) is 34.2 Å². The first-order valence-electron chi connectivity index (χ1n) is 16.2. The average Bonchev–Trinajstić information content (AvgIpc) is 3.10. The summed E-state index contributed by atoms with van der Waals surface area (Å²) >= 11 is 0. The van der Waals surface area contributed by atoms with Crippen molar-refractivity contribution in [1.29, 1.82) is 0 Å². The minimum Gasteiger partial charge on any atom is -0.394 e. The smallest absolute Gasteiger partial charge is 0.192 e. The van der Waals surface area contributed by atoms with Crippen LogP contribution < -0.4 is 0 Å². The molecule has 1 unspecified atom stereocenters.